The van der Waals surface area contributed by atoms with Crippen LogP contribution in [-0.2, 0) is 10.0 Å². The summed E-state index contributed by atoms with van der Waals surface area (Å²) in [6.45, 7) is 5.54. The van der Waals surface area contributed by atoms with Crippen LogP contribution in [0.5, 0.6) is 0 Å². The van der Waals surface area contributed by atoms with Crippen LogP contribution >= 0.6 is 11.6 Å². The number of sulfonamides is 1. The summed E-state index contributed by atoms with van der Waals surface area (Å²) < 4.78 is 41.5. The Labute approximate surface area is 164 Å². The second-order valence-corrected chi connectivity index (χ2v) is 8.68. The van der Waals surface area contributed by atoms with Gasteiger partial charge in [0.05, 0.1) is 10.6 Å². The van der Waals surface area contributed by atoms with E-state index in [1.54, 1.807) is 37.3 Å². The molecule has 0 radical (unpaired) electrons. The van der Waals surface area contributed by atoms with Crippen molar-refractivity contribution in [2.75, 3.05) is 44.2 Å². The summed E-state index contributed by atoms with van der Waals surface area (Å²) >= 11 is 6.02. The largest absolute Gasteiger partial charge is 0.367 e. The number of rotatable bonds is 6. The predicted molar refractivity (Wildman–Crippen MR) is 106 cm³/mol. The van der Waals surface area contributed by atoms with E-state index in [0.717, 1.165) is 13.1 Å². The molecule has 3 rings (SSSR count). The van der Waals surface area contributed by atoms with Crippen LogP contribution in [0, 0.1) is 12.7 Å². The number of anilines is 1. The first-order valence-electron chi connectivity index (χ1n) is 8.85. The van der Waals surface area contributed by atoms with Crippen molar-refractivity contribution in [3.63, 3.8) is 0 Å². The molecular formula is C19H23ClFN3O2S. The molecule has 1 N–H and O–H groups in total. The lowest BCUT2D eigenvalue weighted by Crippen LogP contribution is -2.48. The van der Waals surface area contributed by atoms with Crippen molar-refractivity contribution in [2.24, 2.45) is 0 Å². The van der Waals surface area contributed by atoms with E-state index in [1.165, 1.54) is 6.07 Å². The third-order valence-electron chi connectivity index (χ3n) is 4.79. The van der Waals surface area contributed by atoms with Crippen LogP contribution in [0.15, 0.2) is 47.4 Å². The van der Waals surface area contributed by atoms with Crippen molar-refractivity contribution in [3.8, 4) is 0 Å². The maximum atomic E-state index is 13.9. The zero-order valence-corrected chi connectivity index (χ0v) is 16.7. The van der Waals surface area contributed by atoms with E-state index in [2.05, 4.69) is 9.62 Å². The van der Waals surface area contributed by atoms with E-state index in [9.17, 15) is 12.8 Å². The van der Waals surface area contributed by atoms with Gasteiger partial charge in [-0.25, -0.2) is 17.5 Å². The number of hydrogen-bond acceptors (Lipinski definition) is 4. The lowest BCUT2D eigenvalue weighted by Gasteiger charge is -2.36. The van der Waals surface area contributed by atoms with Crippen LogP contribution in [0.25, 0.3) is 0 Å². The molecule has 8 heteroatoms. The smallest absolute Gasteiger partial charge is 0.240 e. The molecule has 0 saturated carbocycles. The highest BCUT2D eigenvalue weighted by Crippen LogP contribution is 2.22. The number of piperazine rings is 1. The molecule has 0 aromatic heterocycles. The van der Waals surface area contributed by atoms with Crippen molar-refractivity contribution in [1.82, 2.24) is 9.62 Å². The summed E-state index contributed by atoms with van der Waals surface area (Å²) in [7, 11) is -3.59. The molecule has 0 spiro atoms. The Balaban J connectivity index is 1.51. The van der Waals surface area contributed by atoms with Gasteiger partial charge in [0.25, 0.3) is 0 Å². The number of hydrogen-bond donors (Lipinski definition) is 1. The van der Waals surface area contributed by atoms with E-state index in [4.69, 9.17) is 11.6 Å². The molecule has 2 aromatic rings. The summed E-state index contributed by atoms with van der Waals surface area (Å²) in [6.07, 6.45) is 0. The highest BCUT2D eigenvalue weighted by Gasteiger charge is 2.21. The van der Waals surface area contributed by atoms with Gasteiger partial charge in [-0.05, 0) is 36.8 Å². The highest BCUT2D eigenvalue weighted by atomic mass is 35.5. The zero-order valence-electron chi connectivity index (χ0n) is 15.2. The molecule has 0 atom stereocenters. The monoisotopic (exact) mass is 411 g/mol. The minimum atomic E-state index is -3.59. The number of nitrogens with one attached hydrogen (secondary N) is 1. The Kier molecular flexibility index (Phi) is 6.37. The van der Waals surface area contributed by atoms with Gasteiger partial charge in [0, 0.05) is 44.3 Å². The van der Waals surface area contributed by atoms with Gasteiger partial charge in [-0.3, -0.25) is 4.90 Å². The SMILES string of the molecule is Cc1c(Cl)cccc1S(=O)(=O)NCCN1CCN(c2ccccc2F)CC1. The first-order valence-corrected chi connectivity index (χ1v) is 10.7. The van der Waals surface area contributed by atoms with Crippen molar-refractivity contribution >= 4 is 27.3 Å². The quantitative estimate of drug-likeness (QED) is 0.794. The average molecular weight is 412 g/mol. The molecule has 1 heterocycles. The van der Waals surface area contributed by atoms with Gasteiger partial charge in [0.2, 0.25) is 10.0 Å². The normalized spacial score (nSPS) is 15.9. The van der Waals surface area contributed by atoms with Crippen LogP contribution in [0.3, 0.4) is 0 Å². The van der Waals surface area contributed by atoms with Gasteiger partial charge in [-0.2, -0.15) is 0 Å². The van der Waals surface area contributed by atoms with Crippen LogP contribution < -0.4 is 9.62 Å². The third kappa shape index (κ3) is 4.79. The van der Waals surface area contributed by atoms with Gasteiger partial charge in [0.1, 0.15) is 5.82 Å². The number of para-hydroxylation sites is 1. The van der Waals surface area contributed by atoms with Crippen LogP contribution in [0.1, 0.15) is 5.56 Å². The zero-order chi connectivity index (χ0) is 19.4. The molecule has 5 nitrogen and oxygen atoms in total. The first-order chi connectivity index (χ1) is 12.9. The van der Waals surface area contributed by atoms with Crippen molar-refractivity contribution in [2.45, 2.75) is 11.8 Å². The van der Waals surface area contributed by atoms with E-state index >= 15 is 0 Å². The second-order valence-electron chi connectivity index (χ2n) is 6.54. The van der Waals surface area contributed by atoms with Gasteiger partial charge in [0.15, 0.2) is 0 Å². The number of nitrogens with zero attached hydrogens (tertiary/aromatic N) is 2. The summed E-state index contributed by atoms with van der Waals surface area (Å²) in [6, 6.07) is 11.6. The molecule has 2 aromatic carbocycles. The molecular weight excluding hydrogens is 389 g/mol. The lowest BCUT2D eigenvalue weighted by molar-refractivity contribution is 0.261. The molecule has 146 valence electrons. The fourth-order valence-corrected chi connectivity index (χ4v) is 4.73. The maximum absolute atomic E-state index is 13.9. The maximum Gasteiger partial charge on any atom is 0.240 e. The van der Waals surface area contributed by atoms with Crippen molar-refractivity contribution in [1.29, 1.82) is 0 Å². The molecule has 0 amide bonds. The third-order valence-corrected chi connectivity index (χ3v) is 6.81. The molecule has 1 aliphatic heterocycles. The molecule has 27 heavy (non-hydrogen) atoms. The standard InChI is InChI=1S/C19H23ClFN3O2S/c1-15-16(20)5-4-8-19(15)27(25,26)22-9-10-23-11-13-24(14-12-23)18-7-3-2-6-17(18)21/h2-8,22H,9-14H2,1H3. The van der Waals surface area contributed by atoms with E-state index in [1.807, 2.05) is 11.0 Å². The van der Waals surface area contributed by atoms with Gasteiger partial charge in [-0.1, -0.05) is 29.8 Å². The lowest BCUT2D eigenvalue weighted by atomic mass is 10.2. The fraction of sp³-hybridized carbons (Fsp3) is 0.368. The van der Waals surface area contributed by atoms with Crippen molar-refractivity contribution < 1.29 is 12.8 Å². The molecule has 1 aliphatic rings. The minimum absolute atomic E-state index is 0.208. The van der Waals surface area contributed by atoms with E-state index in [-0.39, 0.29) is 10.7 Å². The summed E-state index contributed by atoms with van der Waals surface area (Å²) in [5, 5.41) is 0.433. The highest BCUT2D eigenvalue weighted by molar-refractivity contribution is 7.89. The summed E-state index contributed by atoms with van der Waals surface area (Å²) in [4.78, 5) is 4.40. The van der Waals surface area contributed by atoms with E-state index < -0.39 is 10.0 Å². The Morgan fingerprint density at radius 3 is 2.48 bits per heavy atom. The van der Waals surface area contributed by atoms with Gasteiger partial charge < -0.3 is 4.90 Å². The number of halogens is 2. The molecule has 0 unspecified atom stereocenters. The van der Waals surface area contributed by atoms with Gasteiger partial charge >= 0.3 is 0 Å². The Bertz CT molecular complexity index is 900. The van der Waals surface area contributed by atoms with E-state index in [0.29, 0.717) is 42.5 Å². The van der Waals surface area contributed by atoms with Gasteiger partial charge in [-0.15, -0.1) is 0 Å². The topological polar surface area (TPSA) is 52.7 Å². The van der Waals surface area contributed by atoms with Crippen LogP contribution in [0.2, 0.25) is 5.02 Å². The fourth-order valence-electron chi connectivity index (χ4n) is 3.22. The minimum Gasteiger partial charge on any atom is -0.367 e. The molecule has 0 aliphatic carbocycles. The van der Waals surface area contributed by atoms with Crippen molar-refractivity contribution in [3.05, 3.63) is 58.9 Å². The Morgan fingerprint density at radius 2 is 1.78 bits per heavy atom. The Morgan fingerprint density at radius 1 is 1.07 bits per heavy atom. The predicted octanol–water partition coefficient (Wildman–Crippen LogP) is 2.89. The number of benzene rings is 2. The molecule has 0 bridgehead atoms. The van der Waals surface area contributed by atoms with Crippen LogP contribution in [0.4, 0.5) is 10.1 Å². The average Bonchev–Trinajstić information content (AvgIpc) is 2.65. The molecule has 1 saturated heterocycles. The molecule has 1 fully saturated rings. The first kappa shape index (κ1) is 20.1. The van der Waals surface area contributed by atoms with Crippen LogP contribution in [-0.4, -0.2) is 52.6 Å². The summed E-state index contributed by atoms with van der Waals surface area (Å²) in [5.41, 5.74) is 1.17. The second kappa shape index (κ2) is 8.56. The Hall–Kier alpha value is -1.67. The summed E-state index contributed by atoms with van der Waals surface area (Å²) in [5.74, 6) is -0.212.